The summed E-state index contributed by atoms with van der Waals surface area (Å²) in [6, 6.07) is 21.1. The van der Waals surface area contributed by atoms with E-state index in [4.69, 9.17) is 33.2 Å². The van der Waals surface area contributed by atoms with Crippen molar-refractivity contribution in [3.05, 3.63) is 100 Å². The second-order valence-corrected chi connectivity index (χ2v) is 14.9. The van der Waals surface area contributed by atoms with Crippen molar-refractivity contribution in [2.45, 2.75) is 64.1 Å². The number of phenols is 1. The Morgan fingerprint density at radius 2 is 1.52 bits per heavy atom. The zero-order valence-electron chi connectivity index (χ0n) is 35.7. The maximum Gasteiger partial charge on any atom is 0.509 e. The average molecular weight is 890 g/mol. The van der Waals surface area contributed by atoms with Gasteiger partial charge in [-0.1, -0.05) is 37.3 Å². The molecule has 4 aliphatic heterocycles. The van der Waals surface area contributed by atoms with Crippen LogP contribution in [0.15, 0.2) is 99.1 Å². The molecule has 0 spiro atoms. The van der Waals surface area contributed by atoms with Gasteiger partial charge < -0.3 is 48.8 Å². The summed E-state index contributed by atoms with van der Waals surface area (Å²) >= 11 is 1.43. The van der Waals surface area contributed by atoms with Crippen LogP contribution in [0.1, 0.15) is 50.4 Å². The number of ether oxygens (including phenoxy) is 7. The van der Waals surface area contributed by atoms with Gasteiger partial charge in [0.05, 0.1) is 62.9 Å². The molecule has 336 valence electrons. The Hall–Kier alpha value is -6.44. The number of nitrogens with one attached hydrogen (secondary N) is 4. The van der Waals surface area contributed by atoms with E-state index in [1.54, 1.807) is 75.5 Å². The van der Waals surface area contributed by atoms with Gasteiger partial charge in [-0.25, -0.2) is 9.59 Å². The first-order valence-electron chi connectivity index (χ1n) is 19.9. The number of hydrazine groups is 2. The van der Waals surface area contributed by atoms with Crippen molar-refractivity contribution in [1.29, 1.82) is 5.26 Å². The normalized spacial score (nSPS) is 24.1. The Balaban J connectivity index is 0.000000210. The smallest absolute Gasteiger partial charge is 0.508 e. The maximum absolute atomic E-state index is 12.0. The lowest BCUT2D eigenvalue weighted by molar-refractivity contribution is -0.0923. The van der Waals surface area contributed by atoms with Crippen molar-refractivity contribution in [2.24, 2.45) is 16.1 Å². The molecule has 7 rings (SSSR count). The Morgan fingerprint density at radius 3 is 2.14 bits per heavy atom. The highest BCUT2D eigenvalue weighted by molar-refractivity contribution is 8.02. The predicted molar refractivity (Wildman–Crippen MR) is 228 cm³/mol. The highest BCUT2D eigenvalue weighted by Gasteiger charge is 2.50. The zero-order valence-corrected chi connectivity index (χ0v) is 36.5. The van der Waals surface area contributed by atoms with Crippen molar-refractivity contribution in [2.75, 3.05) is 40.8 Å². The van der Waals surface area contributed by atoms with Crippen LogP contribution in [0.25, 0.3) is 0 Å². The van der Waals surface area contributed by atoms with Gasteiger partial charge in [-0.2, -0.15) is 20.4 Å². The summed E-state index contributed by atoms with van der Waals surface area (Å²) in [5.41, 5.74) is 9.28. The molecule has 4 heterocycles. The molecule has 6 N–H and O–H groups in total. The lowest BCUT2D eigenvalue weighted by Gasteiger charge is -2.45. The van der Waals surface area contributed by atoms with Gasteiger partial charge in [-0.3, -0.25) is 16.1 Å². The molecule has 4 aliphatic rings. The summed E-state index contributed by atoms with van der Waals surface area (Å²) in [7, 11) is 4.64. The van der Waals surface area contributed by atoms with E-state index in [1.165, 1.54) is 18.9 Å². The molecule has 0 aliphatic carbocycles. The molecule has 7 unspecified atom stereocenters. The van der Waals surface area contributed by atoms with Crippen LogP contribution >= 0.6 is 11.8 Å². The number of aliphatic hydroxyl groups is 1. The van der Waals surface area contributed by atoms with Crippen molar-refractivity contribution < 1.29 is 53.0 Å². The second-order valence-electron chi connectivity index (χ2n) is 14.1. The van der Waals surface area contributed by atoms with E-state index in [0.717, 1.165) is 16.2 Å². The molecule has 0 saturated carbocycles. The number of nitriles is 1. The summed E-state index contributed by atoms with van der Waals surface area (Å²) in [5.74, 6) is 1.21. The lowest BCUT2D eigenvalue weighted by Crippen LogP contribution is -2.62. The third-order valence-electron chi connectivity index (χ3n) is 10.4. The Morgan fingerprint density at radius 1 is 0.841 bits per heavy atom. The van der Waals surface area contributed by atoms with Gasteiger partial charge in [-0.15, -0.1) is 16.9 Å². The number of benzene rings is 3. The molecular formula is C42H51N9O11S. The first-order chi connectivity index (χ1) is 30.5. The van der Waals surface area contributed by atoms with Crippen LogP contribution in [-0.4, -0.2) is 98.1 Å². The van der Waals surface area contributed by atoms with Gasteiger partial charge in [0.15, 0.2) is 29.7 Å². The quantitative estimate of drug-likeness (QED) is 0.0861. The number of methoxy groups -OCH3 is 3. The number of aromatic hydroxyl groups is 1. The summed E-state index contributed by atoms with van der Waals surface area (Å²) in [4.78, 5) is 24.0. The van der Waals surface area contributed by atoms with Crippen LogP contribution < -0.4 is 35.7 Å². The minimum Gasteiger partial charge on any atom is -0.508 e. The van der Waals surface area contributed by atoms with Crippen molar-refractivity contribution in [3.8, 4) is 29.1 Å². The fourth-order valence-electron chi connectivity index (χ4n) is 7.63. The topological polar surface area (TPSA) is 242 Å². The first kappa shape index (κ1) is 46.1. The van der Waals surface area contributed by atoms with Gasteiger partial charge in [0.25, 0.3) is 0 Å². The van der Waals surface area contributed by atoms with Crippen molar-refractivity contribution in [1.82, 2.24) is 31.5 Å². The van der Waals surface area contributed by atoms with Gasteiger partial charge >= 0.3 is 12.3 Å². The van der Waals surface area contributed by atoms with Gasteiger partial charge in [0.1, 0.15) is 24.2 Å². The van der Waals surface area contributed by atoms with Crippen LogP contribution in [0, 0.1) is 17.2 Å². The summed E-state index contributed by atoms with van der Waals surface area (Å²) < 4.78 is 37.5. The maximum atomic E-state index is 12.0. The molecule has 0 amide bonds. The highest BCUT2D eigenvalue weighted by Crippen LogP contribution is 2.47. The van der Waals surface area contributed by atoms with Crippen molar-refractivity contribution >= 4 is 29.8 Å². The molecule has 3 aromatic carbocycles. The van der Waals surface area contributed by atoms with E-state index in [0.29, 0.717) is 34.9 Å². The third kappa shape index (κ3) is 10.1. The molecule has 0 bridgehead atoms. The van der Waals surface area contributed by atoms with Crippen molar-refractivity contribution in [3.63, 3.8) is 0 Å². The molecule has 0 radical (unpaired) electrons. The van der Waals surface area contributed by atoms with Gasteiger partial charge in [0.2, 0.25) is 11.6 Å². The number of fused-ring (bicyclic) bond motifs is 2. The number of azo groups is 1. The van der Waals surface area contributed by atoms with Crippen LogP contribution in [0.2, 0.25) is 0 Å². The van der Waals surface area contributed by atoms with E-state index in [-0.39, 0.29) is 48.5 Å². The molecule has 20 nitrogen and oxygen atoms in total. The SMILES string of the molecule is CCOC(=O)OC1CC(c2ccc(OC)c(OC)c2OC)N2NC(SC)=C(C#N)C2N1.CCOC(=O)OC1NC2C(N=Nc3ccccc3)=C(O)NN2C(c2ccc(O)cc2)C1C. The molecule has 2 fully saturated rings. The Kier molecular flexibility index (Phi) is 15.4. The number of hydrogen-bond donors (Lipinski definition) is 6. The van der Waals surface area contributed by atoms with Crippen LogP contribution in [0.4, 0.5) is 15.3 Å². The van der Waals surface area contributed by atoms with Crippen LogP contribution in [-0.2, 0) is 18.9 Å². The number of aliphatic hydroxyl groups excluding tert-OH is 1. The zero-order chi connectivity index (χ0) is 45.2. The molecule has 0 aromatic heterocycles. The average Bonchev–Trinajstić information content (AvgIpc) is 3.81. The monoisotopic (exact) mass is 889 g/mol. The van der Waals surface area contributed by atoms with E-state index in [9.17, 15) is 25.1 Å². The largest absolute Gasteiger partial charge is 0.509 e. The Labute approximate surface area is 368 Å². The number of phenolic OH excluding ortho intramolecular Hbond substituents is 1. The van der Waals surface area contributed by atoms with Crippen LogP contribution in [0.3, 0.4) is 0 Å². The molecule has 3 aromatic rings. The molecule has 21 heteroatoms. The molecule has 7 atom stereocenters. The van der Waals surface area contributed by atoms with E-state index in [2.05, 4.69) is 37.8 Å². The lowest BCUT2D eigenvalue weighted by atomic mass is 9.89. The minimum atomic E-state index is -0.790. The standard InChI is InChI=1S/C22H25N5O5.C20H26N4O6S/c1-3-31-22(30)32-21-13(2)18(14-9-11-16(28)12-10-14)27-19(23-21)17(20(29)26-27)25-24-15-7-5-4-6-8-15;1-6-29-20(25)30-15-9-13(24-18(22-15)12(10-21)19(23-24)31-5)11-7-8-14(26-2)17(28-4)16(11)27-3/h4-13,18-19,21,23,26,28-29H,3H2,1-2H3;7-8,13,15,18,22-23H,6,9H2,1-5H3. The third-order valence-corrected chi connectivity index (χ3v) is 11.1. The van der Waals surface area contributed by atoms with E-state index < -0.39 is 37.1 Å². The van der Waals surface area contributed by atoms with Gasteiger partial charge in [0, 0.05) is 17.9 Å². The number of thioether (sulfide) groups is 1. The highest BCUT2D eigenvalue weighted by atomic mass is 32.2. The number of carbonyl (C=O) groups excluding carboxylic acids is 2. The number of rotatable bonds is 12. The number of carbonyl (C=O) groups is 2. The minimum absolute atomic E-state index is 0.138. The van der Waals surface area contributed by atoms with Crippen LogP contribution in [0.5, 0.6) is 23.0 Å². The predicted octanol–water partition coefficient (Wildman–Crippen LogP) is 6.32. The van der Waals surface area contributed by atoms with E-state index in [1.807, 2.05) is 42.5 Å². The van der Waals surface area contributed by atoms with E-state index >= 15 is 0 Å². The summed E-state index contributed by atoms with van der Waals surface area (Å²) in [6.45, 7) is 5.71. The fourth-order valence-corrected chi connectivity index (χ4v) is 8.20. The Bertz CT molecular complexity index is 2220. The molecule has 63 heavy (non-hydrogen) atoms. The van der Waals surface area contributed by atoms with Gasteiger partial charge in [-0.05, 0) is 62.1 Å². The summed E-state index contributed by atoms with van der Waals surface area (Å²) in [5, 5.41) is 49.3. The number of hydrogen-bond acceptors (Lipinski definition) is 21. The first-order valence-corrected chi connectivity index (χ1v) is 21.2. The summed E-state index contributed by atoms with van der Waals surface area (Å²) in [6.07, 6.45) is -1.88. The number of nitrogens with zero attached hydrogens (tertiary/aromatic N) is 5. The molecule has 2 saturated heterocycles. The second kappa shape index (κ2) is 21.1. The molecular weight excluding hydrogens is 839 g/mol. The fraction of sp³-hybridized carbons (Fsp3) is 0.405.